The van der Waals surface area contributed by atoms with Crippen LogP contribution < -0.4 is 19.5 Å². The zero-order valence-corrected chi connectivity index (χ0v) is 12.9. The van der Waals surface area contributed by atoms with Crippen LogP contribution >= 0.6 is 0 Å². The first-order valence-corrected chi connectivity index (χ1v) is 7.33. The van der Waals surface area contributed by atoms with E-state index in [1.165, 1.54) is 0 Å². The van der Waals surface area contributed by atoms with E-state index in [2.05, 4.69) is 5.32 Å². The monoisotopic (exact) mass is 291 g/mol. The first-order valence-electron chi connectivity index (χ1n) is 7.33. The van der Waals surface area contributed by atoms with Crippen molar-refractivity contribution in [1.29, 1.82) is 0 Å². The predicted octanol–water partition coefficient (Wildman–Crippen LogP) is 1.74. The molecule has 5 heteroatoms. The number of rotatable bonds is 4. The second-order valence-corrected chi connectivity index (χ2v) is 5.74. The fraction of sp³-hybridized carbons (Fsp3) is 0.562. The minimum Gasteiger partial charge on any atom is -0.492 e. The van der Waals surface area contributed by atoms with E-state index in [9.17, 15) is 4.79 Å². The first-order chi connectivity index (χ1) is 10.1. The molecule has 1 aromatic carbocycles. The number of hydrogen-bond donors (Lipinski definition) is 1. The molecular formula is C16H21NO4. The molecule has 0 amide bonds. The van der Waals surface area contributed by atoms with Crippen molar-refractivity contribution in [1.82, 2.24) is 5.32 Å². The number of likely N-dealkylation sites (N-methyl/N-ethyl adjacent to an activating group) is 1. The molecule has 2 aliphatic heterocycles. The second kappa shape index (κ2) is 5.22. The summed E-state index contributed by atoms with van der Waals surface area (Å²) in [6.45, 7) is 4.29. The molecule has 1 N–H and O–H groups in total. The van der Waals surface area contributed by atoms with Crippen LogP contribution in [0.25, 0.3) is 0 Å². The third-order valence-corrected chi connectivity index (χ3v) is 4.00. The average molecular weight is 291 g/mol. The summed E-state index contributed by atoms with van der Waals surface area (Å²) in [6.07, 6.45) is 1.55. The maximum atomic E-state index is 12.5. The average Bonchev–Trinajstić information content (AvgIpc) is 2.97. The van der Waals surface area contributed by atoms with Gasteiger partial charge in [0.25, 0.3) is 0 Å². The normalized spacial score (nSPS) is 22.3. The lowest BCUT2D eigenvalue weighted by Gasteiger charge is -2.16. The first kappa shape index (κ1) is 14.2. The molecule has 3 rings (SSSR count). The Bertz CT molecular complexity index is 557. The van der Waals surface area contributed by atoms with Gasteiger partial charge in [-0.1, -0.05) is 0 Å². The standard InChI is InChI=1S/C16H21NO4/c1-8-5-10-13(12(18)7-17-3)14-11(6-9(2)20-14)15(19-4)16(10)21-8/h8-9,17H,5-7H2,1-4H3. The van der Waals surface area contributed by atoms with Crippen molar-refractivity contribution in [3.05, 3.63) is 16.7 Å². The summed E-state index contributed by atoms with van der Waals surface area (Å²) in [5.41, 5.74) is 2.55. The topological polar surface area (TPSA) is 56.8 Å². The molecule has 2 aliphatic rings. The van der Waals surface area contributed by atoms with E-state index in [4.69, 9.17) is 14.2 Å². The second-order valence-electron chi connectivity index (χ2n) is 5.74. The van der Waals surface area contributed by atoms with Crippen molar-refractivity contribution in [2.45, 2.75) is 38.9 Å². The van der Waals surface area contributed by atoms with Gasteiger partial charge in [-0.15, -0.1) is 0 Å². The van der Waals surface area contributed by atoms with E-state index in [-0.39, 0.29) is 24.5 Å². The Morgan fingerprint density at radius 1 is 1.19 bits per heavy atom. The highest BCUT2D eigenvalue weighted by Gasteiger charge is 2.38. The van der Waals surface area contributed by atoms with Crippen LogP contribution in [0.5, 0.6) is 17.2 Å². The van der Waals surface area contributed by atoms with E-state index < -0.39 is 0 Å². The maximum Gasteiger partial charge on any atom is 0.180 e. The van der Waals surface area contributed by atoms with Crippen LogP contribution in [0.1, 0.15) is 35.3 Å². The molecule has 2 atom stereocenters. The van der Waals surface area contributed by atoms with E-state index in [0.717, 1.165) is 29.0 Å². The van der Waals surface area contributed by atoms with Crippen molar-refractivity contribution in [2.75, 3.05) is 20.7 Å². The zero-order chi connectivity index (χ0) is 15.1. The summed E-state index contributed by atoms with van der Waals surface area (Å²) in [5, 5.41) is 2.92. The number of benzene rings is 1. The van der Waals surface area contributed by atoms with Gasteiger partial charge in [0.05, 0.1) is 19.2 Å². The molecule has 0 aromatic heterocycles. The molecule has 5 nitrogen and oxygen atoms in total. The van der Waals surface area contributed by atoms with Crippen LogP contribution in [0.4, 0.5) is 0 Å². The lowest BCUT2D eigenvalue weighted by atomic mass is 9.94. The van der Waals surface area contributed by atoms with Crippen LogP contribution in [0.2, 0.25) is 0 Å². The third-order valence-electron chi connectivity index (χ3n) is 4.00. The molecule has 0 saturated carbocycles. The highest BCUT2D eigenvalue weighted by molar-refractivity contribution is 6.03. The van der Waals surface area contributed by atoms with Gasteiger partial charge in [0.1, 0.15) is 18.0 Å². The molecule has 2 unspecified atom stereocenters. The Balaban J connectivity index is 2.22. The number of nitrogens with one attached hydrogen (secondary N) is 1. The highest BCUT2D eigenvalue weighted by atomic mass is 16.5. The van der Waals surface area contributed by atoms with Crippen LogP contribution in [-0.4, -0.2) is 38.7 Å². The minimum atomic E-state index is 0.0412. The molecule has 0 saturated heterocycles. The predicted molar refractivity (Wildman–Crippen MR) is 78.8 cm³/mol. The largest absolute Gasteiger partial charge is 0.492 e. The Labute approximate surface area is 124 Å². The number of ether oxygens (including phenoxy) is 3. The van der Waals surface area contributed by atoms with Gasteiger partial charge in [-0.3, -0.25) is 4.79 Å². The van der Waals surface area contributed by atoms with Crippen LogP contribution in [-0.2, 0) is 12.8 Å². The molecule has 0 spiro atoms. The van der Waals surface area contributed by atoms with E-state index in [0.29, 0.717) is 17.7 Å². The van der Waals surface area contributed by atoms with E-state index >= 15 is 0 Å². The summed E-state index contributed by atoms with van der Waals surface area (Å²) in [5.74, 6) is 2.19. The summed E-state index contributed by atoms with van der Waals surface area (Å²) in [7, 11) is 3.41. The lowest BCUT2D eigenvalue weighted by Crippen LogP contribution is -2.21. The van der Waals surface area contributed by atoms with Crippen molar-refractivity contribution >= 4 is 5.78 Å². The number of methoxy groups -OCH3 is 1. The molecule has 21 heavy (non-hydrogen) atoms. The van der Waals surface area contributed by atoms with Gasteiger partial charge in [0.15, 0.2) is 17.3 Å². The number of hydrogen-bond acceptors (Lipinski definition) is 5. The van der Waals surface area contributed by atoms with E-state index in [1.54, 1.807) is 14.2 Å². The van der Waals surface area contributed by atoms with E-state index in [1.807, 2.05) is 13.8 Å². The minimum absolute atomic E-state index is 0.0412. The van der Waals surface area contributed by atoms with Crippen molar-refractivity contribution in [3.8, 4) is 17.2 Å². The summed E-state index contributed by atoms with van der Waals surface area (Å²) >= 11 is 0. The molecule has 1 aromatic rings. The third kappa shape index (κ3) is 2.16. The van der Waals surface area contributed by atoms with Crippen LogP contribution in [0.15, 0.2) is 0 Å². The van der Waals surface area contributed by atoms with Crippen LogP contribution in [0.3, 0.4) is 0 Å². The summed E-state index contributed by atoms with van der Waals surface area (Å²) < 4.78 is 17.4. The Hall–Kier alpha value is -1.75. The number of carbonyl (C=O) groups excluding carboxylic acids is 1. The fourth-order valence-electron chi connectivity index (χ4n) is 3.23. The van der Waals surface area contributed by atoms with Gasteiger partial charge in [0, 0.05) is 24.0 Å². The number of ketones is 1. The van der Waals surface area contributed by atoms with Gasteiger partial charge >= 0.3 is 0 Å². The van der Waals surface area contributed by atoms with Gasteiger partial charge in [-0.05, 0) is 20.9 Å². The molecular weight excluding hydrogens is 270 g/mol. The zero-order valence-electron chi connectivity index (χ0n) is 12.9. The molecule has 114 valence electrons. The fourth-order valence-corrected chi connectivity index (χ4v) is 3.23. The van der Waals surface area contributed by atoms with Crippen molar-refractivity contribution < 1.29 is 19.0 Å². The molecule has 0 aliphatic carbocycles. The van der Waals surface area contributed by atoms with Crippen molar-refractivity contribution in [3.63, 3.8) is 0 Å². The quantitative estimate of drug-likeness (QED) is 0.856. The number of Topliss-reactive ketones (excluding diaryl/α,β-unsaturated/α-hetero) is 1. The summed E-state index contributed by atoms with van der Waals surface area (Å²) in [4.78, 5) is 12.5. The van der Waals surface area contributed by atoms with Gasteiger partial charge < -0.3 is 19.5 Å². The lowest BCUT2D eigenvalue weighted by molar-refractivity contribution is 0.0988. The molecule has 0 fully saturated rings. The van der Waals surface area contributed by atoms with Gasteiger partial charge in [-0.2, -0.15) is 0 Å². The molecule has 2 heterocycles. The number of carbonyl (C=O) groups is 1. The Kier molecular flexibility index (Phi) is 3.53. The molecule has 0 bridgehead atoms. The van der Waals surface area contributed by atoms with Crippen molar-refractivity contribution in [2.24, 2.45) is 0 Å². The Morgan fingerprint density at radius 2 is 1.81 bits per heavy atom. The number of fused-ring (bicyclic) bond motifs is 2. The maximum absolute atomic E-state index is 12.5. The Morgan fingerprint density at radius 3 is 2.43 bits per heavy atom. The highest BCUT2D eigenvalue weighted by Crippen LogP contribution is 2.51. The molecule has 0 radical (unpaired) electrons. The summed E-state index contributed by atoms with van der Waals surface area (Å²) in [6, 6.07) is 0. The van der Waals surface area contributed by atoms with Gasteiger partial charge in [-0.25, -0.2) is 0 Å². The SMILES string of the molecule is CNCC(=O)c1c2c(c(OC)c3c1OC(C)C3)OC(C)C2. The smallest absolute Gasteiger partial charge is 0.180 e. The van der Waals surface area contributed by atoms with Gasteiger partial charge in [0.2, 0.25) is 0 Å². The van der Waals surface area contributed by atoms with Crippen LogP contribution in [0, 0.1) is 0 Å².